The second-order valence-corrected chi connectivity index (χ2v) is 9.34. The van der Waals surface area contributed by atoms with E-state index in [-0.39, 0.29) is 24.1 Å². The molecule has 0 aliphatic heterocycles. The fourth-order valence-electron chi connectivity index (χ4n) is 3.77. The second kappa shape index (κ2) is 12.3. The van der Waals surface area contributed by atoms with Crippen LogP contribution >= 0.6 is 11.8 Å². The molecule has 2 amide bonds. The van der Waals surface area contributed by atoms with Crippen LogP contribution in [0.5, 0.6) is 11.5 Å². The first-order valence-corrected chi connectivity index (χ1v) is 12.9. The Bertz CT molecular complexity index is 1440. The zero-order valence-electron chi connectivity index (χ0n) is 21.6. The molecule has 0 aliphatic carbocycles. The van der Waals surface area contributed by atoms with Gasteiger partial charge in [-0.05, 0) is 67.4 Å². The van der Waals surface area contributed by atoms with Crippen LogP contribution in [0, 0.1) is 13.8 Å². The van der Waals surface area contributed by atoms with Crippen molar-refractivity contribution in [3.8, 4) is 17.2 Å². The van der Waals surface area contributed by atoms with Gasteiger partial charge in [-0.3, -0.25) is 14.2 Å². The molecule has 2 N–H and O–H groups in total. The van der Waals surface area contributed by atoms with Gasteiger partial charge in [-0.2, -0.15) is 0 Å². The topological polar surface area (TPSA) is 107 Å². The lowest BCUT2D eigenvalue weighted by Crippen LogP contribution is -2.24. The van der Waals surface area contributed by atoms with Crippen molar-refractivity contribution in [3.63, 3.8) is 0 Å². The highest BCUT2D eigenvalue weighted by atomic mass is 32.2. The second-order valence-electron chi connectivity index (χ2n) is 8.40. The van der Waals surface area contributed by atoms with Crippen LogP contribution in [0.25, 0.3) is 5.69 Å². The summed E-state index contributed by atoms with van der Waals surface area (Å²) in [7, 11) is 3.15. The van der Waals surface area contributed by atoms with Crippen molar-refractivity contribution in [2.45, 2.75) is 25.5 Å². The molecule has 4 aromatic rings. The van der Waals surface area contributed by atoms with E-state index in [0.29, 0.717) is 33.7 Å². The Morgan fingerprint density at radius 3 is 2.42 bits per heavy atom. The van der Waals surface area contributed by atoms with E-state index in [4.69, 9.17) is 9.47 Å². The van der Waals surface area contributed by atoms with Crippen molar-refractivity contribution in [2.24, 2.45) is 0 Å². The zero-order chi connectivity index (χ0) is 27.1. The molecule has 9 nitrogen and oxygen atoms in total. The molecular formula is C28H29N5O4S. The molecule has 0 bridgehead atoms. The number of benzene rings is 3. The molecule has 38 heavy (non-hydrogen) atoms. The largest absolute Gasteiger partial charge is 0.497 e. The number of ether oxygens (including phenoxy) is 2. The average Bonchev–Trinajstić information content (AvgIpc) is 3.35. The Balaban J connectivity index is 1.53. The quantitative estimate of drug-likeness (QED) is 0.289. The molecule has 0 unspecified atom stereocenters. The number of carbonyl (C=O) groups is 2. The summed E-state index contributed by atoms with van der Waals surface area (Å²) in [5.74, 6) is 1.47. The number of thioether (sulfide) groups is 1. The van der Waals surface area contributed by atoms with E-state index in [2.05, 4.69) is 20.8 Å². The van der Waals surface area contributed by atoms with Gasteiger partial charge < -0.3 is 20.1 Å². The number of anilines is 1. The summed E-state index contributed by atoms with van der Waals surface area (Å²) in [6, 6.07) is 20.1. The minimum absolute atomic E-state index is 0.116. The molecule has 0 fully saturated rings. The number of carbonyl (C=O) groups excluding carboxylic acids is 2. The van der Waals surface area contributed by atoms with Gasteiger partial charge in [0.1, 0.15) is 11.5 Å². The van der Waals surface area contributed by atoms with Gasteiger partial charge in [-0.1, -0.05) is 36.0 Å². The van der Waals surface area contributed by atoms with Crippen LogP contribution in [0.15, 0.2) is 71.9 Å². The summed E-state index contributed by atoms with van der Waals surface area (Å²) in [6.45, 7) is 4.10. The fraction of sp³-hybridized carbons (Fsp3) is 0.214. The monoisotopic (exact) mass is 531 g/mol. The first kappa shape index (κ1) is 26.7. The molecule has 10 heteroatoms. The standard InChI is InChI=1S/C28H29N5O4S/c1-18-8-7-9-22(19(18)2)30-26(34)17-38-28-32-31-25(33(28)23-10-5-6-11-24(23)37-4)16-29-27(35)20-12-14-21(36-3)15-13-20/h5-15H,16-17H2,1-4H3,(H,29,35)(H,30,34). The van der Waals surface area contributed by atoms with E-state index in [9.17, 15) is 9.59 Å². The fourth-order valence-corrected chi connectivity index (χ4v) is 4.54. The Hall–Kier alpha value is -4.31. The number of nitrogens with zero attached hydrogens (tertiary/aromatic N) is 3. The van der Waals surface area contributed by atoms with Gasteiger partial charge in [0.2, 0.25) is 5.91 Å². The van der Waals surface area contributed by atoms with Gasteiger partial charge in [0.25, 0.3) is 5.91 Å². The molecule has 0 spiro atoms. The maximum absolute atomic E-state index is 12.8. The Morgan fingerprint density at radius 1 is 0.921 bits per heavy atom. The van der Waals surface area contributed by atoms with E-state index in [1.807, 2.05) is 56.3 Å². The number of rotatable bonds is 10. The average molecular weight is 532 g/mol. The third-order valence-electron chi connectivity index (χ3n) is 6.00. The van der Waals surface area contributed by atoms with Gasteiger partial charge in [0.05, 0.1) is 32.2 Å². The molecule has 0 radical (unpaired) electrons. The van der Waals surface area contributed by atoms with Gasteiger partial charge in [0, 0.05) is 11.3 Å². The maximum Gasteiger partial charge on any atom is 0.251 e. The van der Waals surface area contributed by atoms with Crippen molar-refractivity contribution in [1.82, 2.24) is 20.1 Å². The van der Waals surface area contributed by atoms with Gasteiger partial charge in [-0.15, -0.1) is 10.2 Å². The van der Waals surface area contributed by atoms with Crippen molar-refractivity contribution < 1.29 is 19.1 Å². The summed E-state index contributed by atoms with van der Waals surface area (Å²) < 4.78 is 12.5. The number of nitrogens with one attached hydrogen (secondary N) is 2. The van der Waals surface area contributed by atoms with Crippen LogP contribution in [-0.4, -0.2) is 46.6 Å². The van der Waals surface area contributed by atoms with E-state index < -0.39 is 0 Å². The van der Waals surface area contributed by atoms with Crippen LogP contribution in [0.3, 0.4) is 0 Å². The number of para-hydroxylation sites is 2. The molecule has 0 atom stereocenters. The SMILES string of the molecule is COc1ccc(C(=O)NCc2nnc(SCC(=O)Nc3cccc(C)c3C)n2-c2ccccc2OC)cc1. The number of amides is 2. The van der Waals surface area contributed by atoms with E-state index >= 15 is 0 Å². The highest BCUT2D eigenvalue weighted by Crippen LogP contribution is 2.29. The van der Waals surface area contributed by atoms with Crippen LogP contribution in [0.4, 0.5) is 5.69 Å². The van der Waals surface area contributed by atoms with Crippen LogP contribution in [0.1, 0.15) is 27.3 Å². The third kappa shape index (κ3) is 6.15. The number of aryl methyl sites for hydroxylation is 1. The van der Waals surface area contributed by atoms with Crippen molar-refractivity contribution in [3.05, 3.63) is 89.2 Å². The summed E-state index contributed by atoms with van der Waals surface area (Å²) in [5.41, 5.74) is 4.10. The lowest BCUT2D eigenvalue weighted by Gasteiger charge is -2.14. The summed E-state index contributed by atoms with van der Waals surface area (Å²) in [4.78, 5) is 25.5. The summed E-state index contributed by atoms with van der Waals surface area (Å²) >= 11 is 1.25. The van der Waals surface area contributed by atoms with Crippen molar-refractivity contribution >= 4 is 29.3 Å². The Morgan fingerprint density at radius 2 is 1.68 bits per heavy atom. The van der Waals surface area contributed by atoms with E-state index in [1.165, 1.54) is 11.8 Å². The van der Waals surface area contributed by atoms with Gasteiger partial charge >= 0.3 is 0 Å². The third-order valence-corrected chi connectivity index (χ3v) is 6.93. The molecular weight excluding hydrogens is 502 g/mol. The van der Waals surface area contributed by atoms with Gasteiger partial charge in [0.15, 0.2) is 11.0 Å². The minimum Gasteiger partial charge on any atom is -0.497 e. The summed E-state index contributed by atoms with van der Waals surface area (Å²) in [5, 5.41) is 15.0. The number of hydrogen-bond acceptors (Lipinski definition) is 7. The van der Waals surface area contributed by atoms with Crippen molar-refractivity contribution in [1.29, 1.82) is 0 Å². The molecule has 4 rings (SSSR count). The zero-order valence-corrected chi connectivity index (χ0v) is 22.5. The minimum atomic E-state index is -0.260. The van der Waals surface area contributed by atoms with Crippen LogP contribution in [-0.2, 0) is 11.3 Å². The molecule has 3 aromatic carbocycles. The predicted octanol–water partition coefficient (Wildman–Crippen LogP) is 4.56. The Labute approximate surface area is 225 Å². The summed E-state index contributed by atoms with van der Waals surface area (Å²) in [6.07, 6.45) is 0. The number of methoxy groups -OCH3 is 2. The lowest BCUT2D eigenvalue weighted by atomic mass is 10.1. The molecule has 1 aromatic heterocycles. The van der Waals surface area contributed by atoms with E-state index in [1.54, 1.807) is 43.1 Å². The highest BCUT2D eigenvalue weighted by molar-refractivity contribution is 7.99. The molecule has 0 saturated carbocycles. The molecule has 0 aliphatic rings. The maximum atomic E-state index is 12.8. The Kier molecular flexibility index (Phi) is 8.65. The number of aromatic nitrogens is 3. The lowest BCUT2D eigenvalue weighted by molar-refractivity contribution is -0.113. The molecule has 1 heterocycles. The van der Waals surface area contributed by atoms with Crippen LogP contribution < -0.4 is 20.1 Å². The normalized spacial score (nSPS) is 10.6. The van der Waals surface area contributed by atoms with E-state index in [0.717, 1.165) is 16.8 Å². The first-order chi connectivity index (χ1) is 18.4. The number of hydrogen-bond donors (Lipinski definition) is 2. The molecule has 196 valence electrons. The van der Waals surface area contributed by atoms with Gasteiger partial charge in [-0.25, -0.2) is 0 Å². The predicted molar refractivity (Wildman–Crippen MR) is 147 cm³/mol. The first-order valence-electron chi connectivity index (χ1n) is 11.9. The van der Waals surface area contributed by atoms with Crippen LogP contribution in [0.2, 0.25) is 0 Å². The highest BCUT2D eigenvalue weighted by Gasteiger charge is 2.19. The molecule has 0 saturated heterocycles. The smallest absolute Gasteiger partial charge is 0.251 e. The van der Waals surface area contributed by atoms with Crippen molar-refractivity contribution in [2.75, 3.05) is 25.3 Å².